The van der Waals surface area contributed by atoms with Crippen LogP contribution in [0.2, 0.25) is 10.0 Å². The minimum Gasteiger partial charge on any atom is -0.506 e. The van der Waals surface area contributed by atoms with Gasteiger partial charge in [-0.2, -0.15) is 4.98 Å². The average molecular weight is 370 g/mol. The predicted molar refractivity (Wildman–Crippen MR) is 94.9 cm³/mol. The number of nitrogen functional groups attached to an aromatic ring is 1. The van der Waals surface area contributed by atoms with Crippen molar-refractivity contribution in [3.05, 3.63) is 44.2 Å². The van der Waals surface area contributed by atoms with Crippen LogP contribution in [-0.2, 0) is 6.54 Å². The summed E-state index contributed by atoms with van der Waals surface area (Å²) in [5.74, 6) is 0.709. The number of aromatic nitrogens is 2. The standard InChI is InChI=1S/C15H17Cl2N5O2/c16-10-1-2-11(23)14(17)9(10)8-21-3-5-22(6-4-21)12-7-13(24)20-15(18)19-12/h1-2,7,23H,3-6,8H2,(H3,18,19,20,24). The molecule has 1 fully saturated rings. The van der Waals surface area contributed by atoms with Crippen molar-refractivity contribution in [2.24, 2.45) is 0 Å². The Bertz CT molecular complexity index is 803. The van der Waals surface area contributed by atoms with Gasteiger partial charge in [0.15, 0.2) is 0 Å². The van der Waals surface area contributed by atoms with E-state index in [1.807, 2.05) is 4.90 Å². The number of phenolic OH excluding ortho intramolecular Hbond substituents is 1. The van der Waals surface area contributed by atoms with Crippen LogP contribution in [0.15, 0.2) is 23.0 Å². The highest BCUT2D eigenvalue weighted by Crippen LogP contribution is 2.33. The summed E-state index contributed by atoms with van der Waals surface area (Å²) in [6.45, 7) is 3.44. The van der Waals surface area contributed by atoms with E-state index in [1.165, 1.54) is 12.1 Å². The number of hydrogen-bond acceptors (Lipinski definition) is 6. The highest BCUT2D eigenvalue weighted by atomic mass is 35.5. The van der Waals surface area contributed by atoms with Crippen molar-refractivity contribution in [3.63, 3.8) is 0 Å². The molecule has 4 N–H and O–H groups in total. The molecule has 0 bridgehead atoms. The Hall–Kier alpha value is -1.96. The number of H-pyrrole nitrogens is 1. The van der Waals surface area contributed by atoms with E-state index < -0.39 is 0 Å². The van der Waals surface area contributed by atoms with Gasteiger partial charge in [-0.15, -0.1) is 0 Å². The van der Waals surface area contributed by atoms with Gasteiger partial charge in [0.05, 0.1) is 5.02 Å². The first-order valence-corrected chi connectivity index (χ1v) is 8.19. The third-order valence-corrected chi connectivity index (χ3v) is 4.77. The number of benzene rings is 1. The van der Waals surface area contributed by atoms with Crippen molar-refractivity contribution in [1.29, 1.82) is 0 Å². The molecule has 1 aromatic heterocycles. The third kappa shape index (κ3) is 3.58. The molecule has 0 amide bonds. The minimum atomic E-state index is -0.266. The first-order chi connectivity index (χ1) is 11.4. The molecule has 0 radical (unpaired) electrons. The molecule has 1 aromatic carbocycles. The quantitative estimate of drug-likeness (QED) is 0.761. The number of piperazine rings is 1. The molecular weight excluding hydrogens is 353 g/mol. The maximum Gasteiger partial charge on any atom is 0.254 e. The lowest BCUT2D eigenvalue weighted by atomic mass is 10.1. The average Bonchev–Trinajstić information content (AvgIpc) is 2.55. The van der Waals surface area contributed by atoms with Gasteiger partial charge in [0.1, 0.15) is 11.6 Å². The Morgan fingerprint density at radius 3 is 2.62 bits per heavy atom. The van der Waals surface area contributed by atoms with Crippen LogP contribution in [-0.4, -0.2) is 46.2 Å². The number of rotatable bonds is 3. The number of anilines is 2. The molecule has 1 aliphatic rings. The molecule has 1 aliphatic heterocycles. The molecule has 2 aromatic rings. The summed E-state index contributed by atoms with van der Waals surface area (Å²) < 4.78 is 0. The van der Waals surface area contributed by atoms with Crippen molar-refractivity contribution in [1.82, 2.24) is 14.9 Å². The molecule has 24 heavy (non-hydrogen) atoms. The lowest BCUT2D eigenvalue weighted by Crippen LogP contribution is -2.46. The number of aromatic amines is 1. The van der Waals surface area contributed by atoms with E-state index >= 15 is 0 Å². The lowest BCUT2D eigenvalue weighted by molar-refractivity contribution is 0.249. The van der Waals surface area contributed by atoms with Gasteiger partial charge >= 0.3 is 0 Å². The van der Waals surface area contributed by atoms with Crippen molar-refractivity contribution < 1.29 is 5.11 Å². The fourth-order valence-electron chi connectivity index (χ4n) is 2.71. The van der Waals surface area contributed by atoms with Crippen molar-refractivity contribution in [2.75, 3.05) is 36.8 Å². The molecule has 128 valence electrons. The smallest absolute Gasteiger partial charge is 0.254 e. The van der Waals surface area contributed by atoms with E-state index in [0.29, 0.717) is 36.0 Å². The van der Waals surface area contributed by atoms with Crippen LogP contribution >= 0.6 is 23.2 Å². The minimum absolute atomic E-state index is 0.0258. The van der Waals surface area contributed by atoms with Crippen molar-refractivity contribution in [2.45, 2.75) is 6.54 Å². The highest BCUT2D eigenvalue weighted by Gasteiger charge is 2.21. The van der Waals surface area contributed by atoms with Crippen LogP contribution in [0, 0.1) is 0 Å². The topological polar surface area (TPSA) is 98.5 Å². The maximum absolute atomic E-state index is 11.5. The second-order valence-corrected chi connectivity index (χ2v) is 6.40. The van der Waals surface area contributed by atoms with Gasteiger partial charge in [-0.1, -0.05) is 23.2 Å². The molecule has 0 atom stereocenters. The zero-order valence-electron chi connectivity index (χ0n) is 12.8. The van der Waals surface area contributed by atoms with Crippen LogP contribution < -0.4 is 16.2 Å². The van der Waals surface area contributed by atoms with E-state index in [2.05, 4.69) is 14.9 Å². The Balaban J connectivity index is 1.68. The Morgan fingerprint density at radius 1 is 1.25 bits per heavy atom. The summed E-state index contributed by atoms with van der Waals surface area (Å²) in [6.07, 6.45) is 0. The van der Waals surface area contributed by atoms with E-state index in [-0.39, 0.29) is 22.3 Å². The number of phenols is 1. The maximum atomic E-state index is 11.5. The summed E-state index contributed by atoms with van der Waals surface area (Å²) in [7, 11) is 0. The SMILES string of the molecule is Nc1nc(N2CCN(Cc3c(Cl)ccc(O)c3Cl)CC2)cc(=O)[nH]1. The zero-order chi connectivity index (χ0) is 17.3. The van der Waals surface area contributed by atoms with Gasteiger partial charge in [-0.3, -0.25) is 14.7 Å². The molecule has 7 nitrogen and oxygen atoms in total. The van der Waals surface area contributed by atoms with Crippen molar-refractivity contribution >= 4 is 35.0 Å². The number of nitrogens with one attached hydrogen (secondary N) is 1. The second kappa shape index (κ2) is 6.88. The Kier molecular flexibility index (Phi) is 4.84. The normalized spacial score (nSPS) is 15.7. The van der Waals surface area contributed by atoms with Gasteiger partial charge in [-0.25, -0.2) is 0 Å². The first-order valence-electron chi connectivity index (χ1n) is 7.44. The van der Waals surface area contributed by atoms with Crippen LogP contribution in [0.1, 0.15) is 5.56 Å². The van der Waals surface area contributed by atoms with Crippen LogP contribution in [0.25, 0.3) is 0 Å². The number of halogens is 2. The predicted octanol–water partition coefficient (Wildman–Crippen LogP) is 1.69. The summed E-state index contributed by atoms with van der Waals surface area (Å²) in [5, 5.41) is 10.5. The van der Waals surface area contributed by atoms with Gasteiger partial charge in [0.2, 0.25) is 5.95 Å². The monoisotopic (exact) mass is 369 g/mol. The third-order valence-electron chi connectivity index (χ3n) is 3.99. The molecule has 0 spiro atoms. The second-order valence-electron chi connectivity index (χ2n) is 5.61. The van der Waals surface area contributed by atoms with E-state index in [4.69, 9.17) is 28.9 Å². The molecule has 0 aliphatic carbocycles. The largest absolute Gasteiger partial charge is 0.506 e. The summed E-state index contributed by atoms with van der Waals surface area (Å²) in [6, 6.07) is 4.56. The molecule has 0 unspecified atom stereocenters. The molecule has 3 rings (SSSR count). The summed E-state index contributed by atoms with van der Waals surface area (Å²) in [5.41, 5.74) is 6.03. The van der Waals surface area contributed by atoms with E-state index in [9.17, 15) is 9.90 Å². The zero-order valence-corrected chi connectivity index (χ0v) is 14.3. The van der Waals surface area contributed by atoms with E-state index in [0.717, 1.165) is 13.1 Å². The highest BCUT2D eigenvalue weighted by molar-refractivity contribution is 6.36. The Morgan fingerprint density at radius 2 is 1.96 bits per heavy atom. The van der Waals surface area contributed by atoms with Gasteiger partial charge < -0.3 is 15.7 Å². The van der Waals surface area contributed by atoms with Crippen LogP contribution in [0.3, 0.4) is 0 Å². The summed E-state index contributed by atoms with van der Waals surface area (Å²) >= 11 is 12.3. The van der Waals surface area contributed by atoms with Gasteiger partial charge in [-0.05, 0) is 12.1 Å². The fourth-order valence-corrected chi connectivity index (χ4v) is 3.20. The van der Waals surface area contributed by atoms with Crippen molar-refractivity contribution in [3.8, 4) is 5.75 Å². The van der Waals surface area contributed by atoms with Crippen LogP contribution in [0.5, 0.6) is 5.75 Å². The fraction of sp³-hybridized carbons (Fsp3) is 0.333. The molecule has 9 heteroatoms. The molecule has 1 saturated heterocycles. The van der Waals surface area contributed by atoms with Crippen LogP contribution in [0.4, 0.5) is 11.8 Å². The van der Waals surface area contributed by atoms with Gasteiger partial charge in [0.25, 0.3) is 5.56 Å². The number of nitrogens with zero attached hydrogens (tertiary/aromatic N) is 3. The first kappa shape index (κ1) is 16.9. The number of aromatic hydroxyl groups is 1. The lowest BCUT2D eigenvalue weighted by Gasteiger charge is -2.35. The Labute approximate surface area is 148 Å². The number of nitrogens with two attached hydrogens (primary N) is 1. The van der Waals surface area contributed by atoms with E-state index in [1.54, 1.807) is 6.07 Å². The summed E-state index contributed by atoms with van der Waals surface area (Å²) in [4.78, 5) is 22.3. The number of hydrogen-bond donors (Lipinski definition) is 3. The molecule has 0 saturated carbocycles. The molecule has 2 heterocycles. The van der Waals surface area contributed by atoms with Gasteiger partial charge in [0, 0.05) is 49.4 Å². The molecular formula is C15H17Cl2N5O2.